The van der Waals surface area contributed by atoms with Crippen LogP contribution in [0.1, 0.15) is 21.6 Å². The van der Waals surface area contributed by atoms with Gasteiger partial charge in [0.1, 0.15) is 12.4 Å². The van der Waals surface area contributed by atoms with Gasteiger partial charge in [0.25, 0.3) is 5.91 Å². The lowest BCUT2D eigenvalue weighted by molar-refractivity contribution is 0.0782. The maximum absolute atomic E-state index is 12.8. The second-order valence-corrected chi connectivity index (χ2v) is 7.49. The molecule has 2 aromatic carbocycles. The van der Waals surface area contributed by atoms with Crippen molar-refractivity contribution < 1.29 is 9.53 Å². The molecule has 0 fully saturated rings. The van der Waals surface area contributed by atoms with Crippen LogP contribution in [0.5, 0.6) is 5.75 Å². The summed E-state index contributed by atoms with van der Waals surface area (Å²) >= 11 is 9.53. The number of halogens is 2. The summed E-state index contributed by atoms with van der Waals surface area (Å²) in [5.41, 5.74) is 2.32. The number of nitrogens with zero attached hydrogens (tertiary/aromatic N) is 3. The largest absolute Gasteiger partial charge is 0.489 e. The molecule has 140 valence electrons. The average molecular weight is 449 g/mol. The first-order chi connectivity index (χ1) is 12.9. The van der Waals surface area contributed by atoms with Crippen molar-refractivity contribution in [2.24, 2.45) is 7.05 Å². The Morgan fingerprint density at radius 2 is 2.00 bits per heavy atom. The van der Waals surface area contributed by atoms with Crippen molar-refractivity contribution in [2.75, 3.05) is 7.05 Å². The third-order valence-electron chi connectivity index (χ3n) is 4.14. The minimum Gasteiger partial charge on any atom is -0.489 e. The predicted octanol–water partition coefficient (Wildman–Crippen LogP) is 4.69. The van der Waals surface area contributed by atoms with E-state index in [2.05, 4.69) is 21.0 Å². The summed E-state index contributed by atoms with van der Waals surface area (Å²) in [5, 5.41) is 4.65. The van der Waals surface area contributed by atoms with E-state index in [0.717, 1.165) is 21.5 Å². The number of hydrogen-bond donors (Lipinski definition) is 0. The zero-order valence-electron chi connectivity index (χ0n) is 15.0. The second kappa shape index (κ2) is 8.59. The molecule has 27 heavy (non-hydrogen) atoms. The normalized spacial score (nSPS) is 10.7. The topological polar surface area (TPSA) is 47.4 Å². The van der Waals surface area contributed by atoms with Crippen LogP contribution in [-0.4, -0.2) is 27.6 Å². The van der Waals surface area contributed by atoms with E-state index in [-0.39, 0.29) is 5.91 Å². The standard InChI is InChI=1S/C20H19BrClN3O2/c1-24(12-19-18(22)11-23-25(19)2)20(26)15-5-3-4-14(10-15)13-27-17-8-6-16(21)7-9-17/h3-11H,12-13H2,1-2H3. The summed E-state index contributed by atoms with van der Waals surface area (Å²) in [6.45, 7) is 0.772. The van der Waals surface area contributed by atoms with Crippen LogP contribution in [0.15, 0.2) is 59.2 Å². The third kappa shape index (κ3) is 4.90. The molecule has 0 spiro atoms. The van der Waals surface area contributed by atoms with Crippen LogP contribution in [0.3, 0.4) is 0 Å². The number of rotatable bonds is 6. The van der Waals surface area contributed by atoms with E-state index in [1.165, 1.54) is 0 Å². The molecule has 0 aliphatic heterocycles. The summed E-state index contributed by atoms with van der Waals surface area (Å²) in [4.78, 5) is 14.4. The van der Waals surface area contributed by atoms with Gasteiger partial charge in [0, 0.05) is 24.1 Å². The second-order valence-electron chi connectivity index (χ2n) is 6.17. The molecule has 3 rings (SSSR count). The molecule has 0 unspecified atom stereocenters. The monoisotopic (exact) mass is 447 g/mol. The molecule has 0 atom stereocenters. The Bertz CT molecular complexity index is 921. The molecule has 0 aliphatic rings. The van der Waals surface area contributed by atoms with Crippen LogP contribution in [-0.2, 0) is 20.2 Å². The van der Waals surface area contributed by atoms with E-state index in [9.17, 15) is 4.79 Å². The van der Waals surface area contributed by atoms with Crippen molar-refractivity contribution in [1.29, 1.82) is 0 Å². The molecule has 1 aromatic heterocycles. The lowest BCUT2D eigenvalue weighted by Gasteiger charge is -2.18. The van der Waals surface area contributed by atoms with E-state index in [4.69, 9.17) is 16.3 Å². The Morgan fingerprint density at radius 3 is 2.67 bits per heavy atom. The molecule has 1 heterocycles. The van der Waals surface area contributed by atoms with Crippen LogP contribution in [0.25, 0.3) is 0 Å². The molecule has 1 amide bonds. The Balaban J connectivity index is 1.66. The Labute approximate surface area is 171 Å². The zero-order chi connectivity index (χ0) is 19.4. The SMILES string of the molecule is CN(Cc1c(Cl)cnn1C)C(=O)c1cccc(COc2ccc(Br)cc2)c1. The number of ether oxygens (including phenoxy) is 1. The molecular weight excluding hydrogens is 430 g/mol. The number of carbonyl (C=O) groups is 1. The third-order valence-corrected chi connectivity index (χ3v) is 4.98. The van der Waals surface area contributed by atoms with E-state index in [1.807, 2.05) is 42.5 Å². The van der Waals surface area contributed by atoms with Gasteiger partial charge in [-0.15, -0.1) is 0 Å². The summed E-state index contributed by atoms with van der Waals surface area (Å²) in [7, 11) is 3.55. The fourth-order valence-corrected chi connectivity index (χ4v) is 3.11. The highest BCUT2D eigenvalue weighted by Crippen LogP contribution is 2.19. The summed E-state index contributed by atoms with van der Waals surface area (Å²) < 4.78 is 8.46. The van der Waals surface area contributed by atoms with Gasteiger partial charge in [0.15, 0.2) is 0 Å². The Hall–Kier alpha value is -2.31. The van der Waals surface area contributed by atoms with Crippen LogP contribution in [0.2, 0.25) is 5.02 Å². The fourth-order valence-electron chi connectivity index (χ4n) is 2.62. The first-order valence-electron chi connectivity index (χ1n) is 8.33. The van der Waals surface area contributed by atoms with Crippen molar-refractivity contribution in [2.45, 2.75) is 13.2 Å². The van der Waals surface area contributed by atoms with Crippen LogP contribution < -0.4 is 4.74 Å². The molecule has 0 N–H and O–H groups in total. The summed E-state index contributed by atoms with van der Waals surface area (Å²) in [6.07, 6.45) is 1.58. The number of aromatic nitrogens is 2. The fraction of sp³-hybridized carbons (Fsp3) is 0.200. The molecule has 3 aromatic rings. The lowest BCUT2D eigenvalue weighted by atomic mass is 10.1. The van der Waals surface area contributed by atoms with Gasteiger partial charge in [0.2, 0.25) is 0 Å². The summed E-state index contributed by atoms with van der Waals surface area (Å²) in [5.74, 6) is 0.690. The van der Waals surface area contributed by atoms with Gasteiger partial charge >= 0.3 is 0 Å². The smallest absolute Gasteiger partial charge is 0.253 e. The molecule has 0 saturated heterocycles. The van der Waals surface area contributed by atoms with Gasteiger partial charge in [-0.1, -0.05) is 39.7 Å². The molecule has 0 saturated carbocycles. The number of hydrogen-bond acceptors (Lipinski definition) is 3. The quantitative estimate of drug-likeness (QED) is 0.550. The number of amides is 1. The van der Waals surface area contributed by atoms with Crippen molar-refractivity contribution in [3.05, 3.63) is 81.0 Å². The molecular formula is C20H19BrClN3O2. The Kier molecular flexibility index (Phi) is 6.19. The highest BCUT2D eigenvalue weighted by molar-refractivity contribution is 9.10. The van der Waals surface area contributed by atoms with E-state index in [1.54, 1.807) is 35.9 Å². The highest BCUT2D eigenvalue weighted by atomic mass is 79.9. The zero-order valence-corrected chi connectivity index (χ0v) is 17.4. The average Bonchev–Trinajstić information content (AvgIpc) is 2.99. The first kappa shape index (κ1) is 19.5. The molecule has 0 radical (unpaired) electrons. The minimum absolute atomic E-state index is 0.0854. The number of aryl methyl sites for hydroxylation is 1. The highest BCUT2D eigenvalue weighted by Gasteiger charge is 2.16. The van der Waals surface area contributed by atoms with Crippen molar-refractivity contribution >= 4 is 33.4 Å². The predicted molar refractivity (Wildman–Crippen MR) is 109 cm³/mol. The van der Waals surface area contributed by atoms with Crippen molar-refractivity contribution in [3.8, 4) is 5.75 Å². The molecule has 7 heteroatoms. The van der Waals surface area contributed by atoms with E-state index < -0.39 is 0 Å². The van der Waals surface area contributed by atoms with Crippen LogP contribution in [0, 0.1) is 0 Å². The first-order valence-corrected chi connectivity index (χ1v) is 9.50. The lowest BCUT2D eigenvalue weighted by Crippen LogP contribution is -2.27. The number of carbonyl (C=O) groups excluding carboxylic acids is 1. The van der Waals surface area contributed by atoms with Crippen LogP contribution >= 0.6 is 27.5 Å². The minimum atomic E-state index is -0.0854. The van der Waals surface area contributed by atoms with Crippen LogP contribution in [0.4, 0.5) is 0 Å². The van der Waals surface area contributed by atoms with Gasteiger partial charge < -0.3 is 9.64 Å². The van der Waals surface area contributed by atoms with Gasteiger partial charge in [-0.3, -0.25) is 9.48 Å². The maximum Gasteiger partial charge on any atom is 0.253 e. The van der Waals surface area contributed by atoms with Gasteiger partial charge in [-0.05, 0) is 42.0 Å². The van der Waals surface area contributed by atoms with E-state index >= 15 is 0 Å². The molecule has 0 bridgehead atoms. The van der Waals surface area contributed by atoms with Gasteiger partial charge in [-0.2, -0.15) is 5.10 Å². The van der Waals surface area contributed by atoms with E-state index in [0.29, 0.717) is 23.7 Å². The van der Waals surface area contributed by atoms with Gasteiger partial charge in [-0.25, -0.2) is 0 Å². The van der Waals surface area contributed by atoms with Gasteiger partial charge in [0.05, 0.1) is 23.5 Å². The van der Waals surface area contributed by atoms with Crippen molar-refractivity contribution in [1.82, 2.24) is 14.7 Å². The molecule has 0 aliphatic carbocycles. The molecule has 5 nitrogen and oxygen atoms in total. The number of benzene rings is 2. The Morgan fingerprint density at radius 1 is 1.26 bits per heavy atom. The van der Waals surface area contributed by atoms with Crippen molar-refractivity contribution in [3.63, 3.8) is 0 Å². The maximum atomic E-state index is 12.8. The summed E-state index contributed by atoms with van der Waals surface area (Å²) in [6, 6.07) is 15.1.